The highest BCUT2D eigenvalue weighted by atomic mass is 32.2. The van der Waals surface area contributed by atoms with Crippen LogP contribution in [0.5, 0.6) is 0 Å². The van der Waals surface area contributed by atoms with Crippen LogP contribution in [0.4, 0.5) is 5.69 Å². The van der Waals surface area contributed by atoms with Crippen molar-refractivity contribution >= 4 is 23.4 Å². The second kappa shape index (κ2) is 11.3. The van der Waals surface area contributed by atoms with E-state index in [1.807, 2.05) is 19.9 Å². The molecule has 1 N–H and O–H groups in total. The first-order valence-electron chi connectivity index (χ1n) is 11.4. The van der Waals surface area contributed by atoms with Gasteiger partial charge in [0.1, 0.15) is 10.8 Å². The van der Waals surface area contributed by atoms with Crippen molar-refractivity contribution in [3.63, 3.8) is 0 Å². The number of nitrogens with one attached hydrogen (secondary N) is 1. The lowest BCUT2D eigenvalue weighted by molar-refractivity contribution is 0.0948. The van der Waals surface area contributed by atoms with Gasteiger partial charge in [0.25, 0.3) is 5.91 Å². The molecule has 0 saturated carbocycles. The van der Waals surface area contributed by atoms with Crippen LogP contribution >= 0.6 is 11.8 Å². The number of anilines is 1. The number of hydrogen-bond donors (Lipinski definition) is 1. The van der Waals surface area contributed by atoms with Crippen LogP contribution < -0.4 is 10.2 Å². The third-order valence-electron chi connectivity index (χ3n) is 5.98. The Balaban J connectivity index is 1.20. The van der Waals surface area contributed by atoms with Crippen molar-refractivity contribution in [1.82, 2.24) is 20.4 Å². The fraction of sp³-hybridized carbons (Fsp3) is 0.400. The Bertz CT molecular complexity index is 1030. The second-order valence-corrected chi connectivity index (χ2v) is 9.19. The minimum atomic E-state index is -0.0711. The molecule has 1 aliphatic rings. The zero-order chi connectivity index (χ0) is 23.0. The molecule has 1 aromatic carbocycles. The van der Waals surface area contributed by atoms with Crippen molar-refractivity contribution in [3.05, 3.63) is 71.2 Å². The molecule has 1 fully saturated rings. The van der Waals surface area contributed by atoms with Gasteiger partial charge < -0.3 is 14.7 Å². The topological polar surface area (TPSA) is 74.5 Å². The molecule has 2 aromatic heterocycles. The summed E-state index contributed by atoms with van der Waals surface area (Å²) in [6, 6.07) is 14.2. The quantitative estimate of drug-likeness (QED) is 0.379. The Morgan fingerprint density at radius 2 is 1.88 bits per heavy atom. The summed E-state index contributed by atoms with van der Waals surface area (Å²) in [5, 5.41) is 7.80. The number of benzene rings is 1. The van der Waals surface area contributed by atoms with E-state index in [1.54, 1.807) is 12.3 Å². The molecule has 3 aromatic rings. The van der Waals surface area contributed by atoms with Crippen molar-refractivity contribution < 1.29 is 9.32 Å². The predicted molar refractivity (Wildman–Crippen MR) is 132 cm³/mol. The summed E-state index contributed by atoms with van der Waals surface area (Å²) in [5.74, 6) is 1.41. The van der Waals surface area contributed by atoms with Crippen LogP contribution in [0.15, 0.2) is 58.2 Å². The summed E-state index contributed by atoms with van der Waals surface area (Å²) in [6.45, 7) is 9.66. The number of hydrogen-bond acceptors (Lipinski definition) is 7. The molecular weight excluding hydrogens is 434 g/mol. The molecule has 33 heavy (non-hydrogen) atoms. The molecule has 4 rings (SSSR count). The molecule has 0 unspecified atom stereocenters. The van der Waals surface area contributed by atoms with Crippen molar-refractivity contribution in [2.24, 2.45) is 0 Å². The highest BCUT2D eigenvalue weighted by molar-refractivity contribution is 7.98. The molecule has 1 amide bonds. The molecule has 174 valence electrons. The molecule has 0 atom stereocenters. The monoisotopic (exact) mass is 465 g/mol. The Labute approximate surface area is 199 Å². The van der Waals surface area contributed by atoms with Gasteiger partial charge in [-0.3, -0.25) is 9.69 Å². The molecular formula is C25H31N5O2S. The molecule has 0 spiro atoms. The van der Waals surface area contributed by atoms with Crippen LogP contribution in [0.2, 0.25) is 0 Å². The van der Waals surface area contributed by atoms with E-state index in [2.05, 4.69) is 55.6 Å². The lowest BCUT2D eigenvalue weighted by atomic mass is 10.2. The second-order valence-electron chi connectivity index (χ2n) is 8.22. The van der Waals surface area contributed by atoms with Gasteiger partial charge in [0.2, 0.25) is 0 Å². The molecule has 1 saturated heterocycles. The zero-order valence-electron chi connectivity index (χ0n) is 19.3. The SMILES string of the molecule is Cc1noc(C)c1CSc1ncccc1C(=O)NCCCN1CCN(c2ccccc2)CC1. The first kappa shape index (κ1) is 23.3. The third-order valence-corrected chi connectivity index (χ3v) is 7.01. The number of piperazine rings is 1. The number of carbonyl (C=O) groups is 1. The van der Waals surface area contributed by atoms with Gasteiger partial charge in [-0.15, -0.1) is 11.8 Å². The van der Waals surface area contributed by atoms with Crippen molar-refractivity contribution in [2.45, 2.75) is 31.0 Å². The number of rotatable bonds is 9. The van der Waals surface area contributed by atoms with Crippen molar-refractivity contribution in [3.8, 4) is 0 Å². The fourth-order valence-corrected chi connectivity index (χ4v) is 5.14. The van der Waals surface area contributed by atoms with E-state index in [4.69, 9.17) is 4.52 Å². The molecule has 0 aliphatic carbocycles. The average Bonchev–Trinajstić information content (AvgIpc) is 3.18. The minimum absolute atomic E-state index is 0.0711. The molecule has 0 bridgehead atoms. The average molecular weight is 466 g/mol. The number of nitrogens with zero attached hydrogens (tertiary/aromatic N) is 4. The Morgan fingerprint density at radius 3 is 2.61 bits per heavy atom. The summed E-state index contributed by atoms with van der Waals surface area (Å²) in [7, 11) is 0. The standard InChI is InChI=1S/C25H31N5O2S/c1-19-23(20(2)32-28-19)18-33-25-22(10-6-11-27-25)24(31)26-12-7-13-29-14-16-30(17-15-29)21-8-4-3-5-9-21/h3-6,8-11H,7,12-18H2,1-2H3,(H,26,31). The van der Waals surface area contributed by atoms with Gasteiger partial charge in [-0.25, -0.2) is 4.98 Å². The summed E-state index contributed by atoms with van der Waals surface area (Å²) in [6.07, 6.45) is 2.65. The Kier molecular flexibility index (Phi) is 8.01. The summed E-state index contributed by atoms with van der Waals surface area (Å²) < 4.78 is 5.24. The maximum atomic E-state index is 12.8. The molecule has 8 heteroatoms. The van der Waals surface area contributed by atoms with Crippen LogP contribution in [0.1, 0.15) is 33.8 Å². The van der Waals surface area contributed by atoms with Gasteiger partial charge in [-0.05, 0) is 51.1 Å². The maximum Gasteiger partial charge on any atom is 0.254 e. The van der Waals surface area contributed by atoms with E-state index in [0.29, 0.717) is 17.9 Å². The van der Waals surface area contributed by atoms with E-state index in [-0.39, 0.29) is 5.91 Å². The van der Waals surface area contributed by atoms with Crippen LogP contribution in [0.3, 0.4) is 0 Å². The number of aryl methyl sites for hydroxylation is 2. The fourth-order valence-electron chi connectivity index (χ4n) is 4.00. The van der Waals surface area contributed by atoms with Crippen LogP contribution in [-0.4, -0.2) is 60.2 Å². The van der Waals surface area contributed by atoms with Crippen LogP contribution in [0.25, 0.3) is 0 Å². The highest BCUT2D eigenvalue weighted by Gasteiger charge is 2.18. The van der Waals surface area contributed by atoms with E-state index >= 15 is 0 Å². The lowest BCUT2D eigenvalue weighted by Gasteiger charge is -2.36. The van der Waals surface area contributed by atoms with Gasteiger partial charge in [-0.2, -0.15) is 0 Å². The van der Waals surface area contributed by atoms with Gasteiger partial charge >= 0.3 is 0 Å². The number of carbonyl (C=O) groups excluding carboxylic acids is 1. The van der Waals surface area contributed by atoms with Gasteiger partial charge in [0, 0.05) is 55.9 Å². The first-order chi connectivity index (χ1) is 16.1. The Hall–Kier alpha value is -2.84. The highest BCUT2D eigenvalue weighted by Crippen LogP contribution is 2.27. The summed E-state index contributed by atoms with van der Waals surface area (Å²) in [4.78, 5) is 22.1. The van der Waals surface area contributed by atoms with E-state index in [1.165, 1.54) is 17.4 Å². The molecule has 0 radical (unpaired) electrons. The van der Waals surface area contributed by atoms with E-state index in [9.17, 15) is 4.79 Å². The summed E-state index contributed by atoms with van der Waals surface area (Å²) >= 11 is 1.54. The molecule has 7 nitrogen and oxygen atoms in total. The normalized spacial score (nSPS) is 14.4. The van der Waals surface area contributed by atoms with Gasteiger partial charge in [0.05, 0.1) is 11.3 Å². The zero-order valence-corrected chi connectivity index (χ0v) is 20.1. The number of amides is 1. The Morgan fingerprint density at radius 1 is 1.09 bits per heavy atom. The van der Waals surface area contributed by atoms with Crippen molar-refractivity contribution in [2.75, 3.05) is 44.2 Å². The third kappa shape index (κ3) is 6.15. The minimum Gasteiger partial charge on any atom is -0.369 e. The first-order valence-corrected chi connectivity index (χ1v) is 12.4. The number of pyridine rings is 1. The number of para-hydroxylation sites is 1. The predicted octanol–water partition coefficient (Wildman–Crippen LogP) is 3.92. The lowest BCUT2D eigenvalue weighted by Crippen LogP contribution is -2.47. The van der Waals surface area contributed by atoms with Gasteiger partial charge in [-0.1, -0.05) is 23.4 Å². The van der Waals surface area contributed by atoms with Crippen LogP contribution in [0, 0.1) is 13.8 Å². The largest absolute Gasteiger partial charge is 0.369 e. The van der Waals surface area contributed by atoms with E-state index in [0.717, 1.165) is 61.2 Å². The maximum absolute atomic E-state index is 12.8. The number of aromatic nitrogens is 2. The summed E-state index contributed by atoms with van der Waals surface area (Å²) in [5.41, 5.74) is 3.85. The van der Waals surface area contributed by atoms with Crippen molar-refractivity contribution in [1.29, 1.82) is 0 Å². The van der Waals surface area contributed by atoms with Gasteiger partial charge in [0.15, 0.2) is 0 Å². The number of thioether (sulfide) groups is 1. The molecule has 1 aliphatic heterocycles. The molecule has 3 heterocycles. The van der Waals surface area contributed by atoms with E-state index < -0.39 is 0 Å². The van der Waals surface area contributed by atoms with Crippen LogP contribution in [-0.2, 0) is 5.75 Å². The smallest absolute Gasteiger partial charge is 0.254 e.